The molecule has 2 rings (SSSR count). The maximum absolute atomic E-state index is 12.3. The monoisotopic (exact) mass is 300 g/mol. The van der Waals surface area contributed by atoms with E-state index in [1.807, 2.05) is 11.8 Å². The predicted octanol–water partition coefficient (Wildman–Crippen LogP) is -0.345. The highest BCUT2D eigenvalue weighted by atomic mass is 16.5. The number of carboxylic acids is 1. The molecule has 2 aliphatic rings. The topological polar surface area (TPSA) is 79.3 Å². The van der Waals surface area contributed by atoms with Crippen molar-refractivity contribution in [3.05, 3.63) is 0 Å². The summed E-state index contributed by atoms with van der Waals surface area (Å²) in [7, 11) is 1.74. The van der Waals surface area contributed by atoms with Crippen LogP contribution in [-0.2, 0) is 19.1 Å². The number of carbonyl (C=O) groups is 2. The van der Waals surface area contributed by atoms with Gasteiger partial charge in [-0.3, -0.25) is 14.5 Å². The lowest BCUT2D eigenvalue weighted by Crippen LogP contribution is -2.50. The number of amides is 1. The molecule has 7 nitrogen and oxygen atoms in total. The van der Waals surface area contributed by atoms with Crippen molar-refractivity contribution in [2.24, 2.45) is 5.92 Å². The molecule has 0 radical (unpaired) electrons. The van der Waals surface area contributed by atoms with Gasteiger partial charge in [0.2, 0.25) is 5.91 Å². The van der Waals surface area contributed by atoms with E-state index in [9.17, 15) is 9.59 Å². The fraction of sp³-hybridized carbons (Fsp3) is 0.857. The number of likely N-dealkylation sites (N-methyl/N-ethyl adjacent to an activating group) is 1. The van der Waals surface area contributed by atoms with Crippen molar-refractivity contribution in [2.45, 2.75) is 25.6 Å². The Morgan fingerprint density at radius 3 is 2.90 bits per heavy atom. The number of carboxylic acid groups (broad SMARTS) is 1. The van der Waals surface area contributed by atoms with E-state index in [4.69, 9.17) is 14.6 Å². The molecule has 0 aromatic heterocycles. The molecule has 3 unspecified atom stereocenters. The zero-order valence-electron chi connectivity index (χ0n) is 12.7. The van der Waals surface area contributed by atoms with E-state index >= 15 is 0 Å². The maximum Gasteiger partial charge on any atom is 0.317 e. The highest BCUT2D eigenvalue weighted by Crippen LogP contribution is 2.35. The summed E-state index contributed by atoms with van der Waals surface area (Å²) in [6, 6.07) is 0. The Morgan fingerprint density at radius 2 is 2.24 bits per heavy atom. The standard InChI is InChI=1S/C14H24N2O5/c1-3-20-12-6-11(12)14(19)16-4-5-21-10(8-16)7-15(2)9-13(17)18/h10-12H,3-9H2,1-2H3,(H,17,18). The van der Waals surface area contributed by atoms with Crippen molar-refractivity contribution in [2.75, 3.05) is 46.4 Å². The van der Waals surface area contributed by atoms with Crippen LogP contribution in [0.25, 0.3) is 0 Å². The molecular formula is C14H24N2O5. The molecule has 2 fully saturated rings. The van der Waals surface area contributed by atoms with Gasteiger partial charge in [-0.15, -0.1) is 0 Å². The minimum Gasteiger partial charge on any atom is -0.480 e. The molecule has 1 N–H and O–H groups in total. The summed E-state index contributed by atoms with van der Waals surface area (Å²) in [5, 5.41) is 8.75. The zero-order chi connectivity index (χ0) is 15.4. The summed E-state index contributed by atoms with van der Waals surface area (Å²) in [5.41, 5.74) is 0. The van der Waals surface area contributed by atoms with Crippen LogP contribution in [-0.4, -0.2) is 85.4 Å². The van der Waals surface area contributed by atoms with Crippen LogP contribution in [0.5, 0.6) is 0 Å². The summed E-state index contributed by atoms with van der Waals surface area (Å²) < 4.78 is 11.1. The van der Waals surface area contributed by atoms with Crippen LogP contribution in [0.3, 0.4) is 0 Å². The first-order valence-electron chi connectivity index (χ1n) is 7.43. The molecule has 3 atom stereocenters. The SMILES string of the molecule is CCOC1CC1C(=O)N1CCOC(CN(C)CC(=O)O)C1. The molecule has 0 bridgehead atoms. The van der Waals surface area contributed by atoms with Gasteiger partial charge in [0.05, 0.1) is 31.3 Å². The Morgan fingerprint density at radius 1 is 1.48 bits per heavy atom. The molecule has 1 aliphatic carbocycles. The Bertz CT molecular complexity index is 390. The number of carbonyl (C=O) groups excluding carboxylic acids is 1. The van der Waals surface area contributed by atoms with Gasteiger partial charge in [-0.25, -0.2) is 0 Å². The van der Waals surface area contributed by atoms with E-state index in [0.717, 1.165) is 6.42 Å². The lowest BCUT2D eigenvalue weighted by atomic mass is 10.2. The lowest BCUT2D eigenvalue weighted by molar-refractivity contribution is -0.143. The molecule has 21 heavy (non-hydrogen) atoms. The molecule has 0 spiro atoms. The summed E-state index contributed by atoms with van der Waals surface area (Å²) in [4.78, 5) is 26.5. The molecule has 1 amide bonds. The van der Waals surface area contributed by atoms with Crippen LogP contribution in [0.4, 0.5) is 0 Å². The highest BCUT2D eigenvalue weighted by molar-refractivity contribution is 5.82. The van der Waals surface area contributed by atoms with Crippen molar-refractivity contribution in [1.82, 2.24) is 9.80 Å². The Kier molecular flexibility index (Phi) is 5.55. The minimum atomic E-state index is -0.862. The van der Waals surface area contributed by atoms with Crippen molar-refractivity contribution in [3.8, 4) is 0 Å². The third-order valence-electron chi connectivity index (χ3n) is 3.80. The van der Waals surface area contributed by atoms with Crippen LogP contribution in [0.1, 0.15) is 13.3 Å². The van der Waals surface area contributed by atoms with Crippen molar-refractivity contribution >= 4 is 11.9 Å². The second kappa shape index (κ2) is 7.20. The van der Waals surface area contributed by atoms with Gasteiger partial charge in [-0.05, 0) is 20.4 Å². The van der Waals surface area contributed by atoms with Crippen molar-refractivity contribution in [1.29, 1.82) is 0 Å². The van der Waals surface area contributed by atoms with Crippen molar-refractivity contribution in [3.63, 3.8) is 0 Å². The number of morpholine rings is 1. The second-order valence-electron chi connectivity index (χ2n) is 5.70. The highest BCUT2D eigenvalue weighted by Gasteiger charge is 2.46. The molecular weight excluding hydrogens is 276 g/mol. The molecule has 0 aromatic rings. The number of nitrogens with zero attached hydrogens (tertiary/aromatic N) is 2. The molecule has 7 heteroatoms. The predicted molar refractivity (Wildman–Crippen MR) is 75.0 cm³/mol. The largest absolute Gasteiger partial charge is 0.480 e. The maximum atomic E-state index is 12.3. The molecule has 1 saturated heterocycles. The smallest absolute Gasteiger partial charge is 0.317 e. The minimum absolute atomic E-state index is 0.000416. The van der Waals surface area contributed by atoms with Crippen LogP contribution in [0.2, 0.25) is 0 Å². The van der Waals surface area contributed by atoms with Crippen molar-refractivity contribution < 1.29 is 24.2 Å². The fourth-order valence-corrected chi connectivity index (χ4v) is 2.74. The summed E-state index contributed by atoms with van der Waals surface area (Å²) in [6.07, 6.45) is 0.767. The zero-order valence-corrected chi connectivity index (χ0v) is 12.7. The van der Waals surface area contributed by atoms with E-state index in [0.29, 0.717) is 32.8 Å². The molecule has 1 saturated carbocycles. The van der Waals surface area contributed by atoms with Crippen LogP contribution in [0.15, 0.2) is 0 Å². The summed E-state index contributed by atoms with van der Waals surface area (Å²) in [5.74, 6) is -0.720. The summed E-state index contributed by atoms with van der Waals surface area (Å²) in [6.45, 7) is 4.69. The second-order valence-corrected chi connectivity index (χ2v) is 5.70. The number of aliphatic carboxylic acids is 1. The number of ether oxygens (including phenoxy) is 2. The average molecular weight is 300 g/mol. The molecule has 0 aromatic carbocycles. The van der Waals surface area contributed by atoms with Gasteiger partial charge in [-0.2, -0.15) is 0 Å². The average Bonchev–Trinajstić information content (AvgIpc) is 3.17. The van der Waals surface area contributed by atoms with E-state index in [-0.39, 0.29) is 30.6 Å². The normalized spacial score (nSPS) is 28.7. The first-order valence-corrected chi connectivity index (χ1v) is 7.43. The molecule has 1 heterocycles. The van der Waals surface area contributed by atoms with Gasteiger partial charge in [0, 0.05) is 26.2 Å². The first kappa shape index (κ1) is 16.2. The van der Waals surface area contributed by atoms with Gasteiger partial charge >= 0.3 is 5.97 Å². The van der Waals surface area contributed by atoms with E-state index in [1.54, 1.807) is 11.9 Å². The fourth-order valence-electron chi connectivity index (χ4n) is 2.74. The van der Waals surface area contributed by atoms with Gasteiger partial charge < -0.3 is 19.5 Å². The van der Waals surface area contributed by atoms with Crippen LogP contribution < -0.4 is 0 Å². The van der Waals surface area contributed by atoms with E-state index < -0.39 is 5.97 Å². The third-order valence-corrected chi connectivity index (χ3v) is 3.80. The lowest BCUT2D eigenvalue weighted by Gasteiger charge is -2.34. The molecule has 120 valence electrons. The van der Waals surface area contributed by atoms with Gasteiger partial charge in [0.15, 0.2) is 0 Å². The Labute approximate surface area is 124 Å². The summed E-state index contributed by atoms with van der Waals surface area (Å²) >= 11 is 0. The van der Waals surface area contributed by atoms with Crippen LogP contribution in [0, 0.1) is 5.92 Å². The van der Waals surface area contributed by atoms with E-state index in [1.165, 1.54) is 0 Å². The Hall–Kier alpha value is -1.18. The Balaban J connectivity index is 1.78. The van der Waals surface area contributed by atoms with E-state index in [2.05, 4.69) is 0 Å². The van der Waals surface area contributed by atoms with Crippen LogP contribution >= 0.6 is 0 Å². The van der Waals surface area contributed by atoms with Gasteiger partial charge in [0.25, 0.3) is 0 Å². The van der Waals surface area contributed by atoms with Gasteiger partial charge in [0.1, 0.15) is 0 Å². The number of rotatable bonds is 7. The molecule has 1 aliphatic heterocycles. The number of hydrogen-bond acceptors (Lipinski definition) is 5. The number of hydrogen-bond donors (Lipinski definition) is 1. The quantitative estimate of drug-likeness (QED) is 0.693. The third kappa shape index (κ3) is 4.66. The first-order chi connectivity index (χ1) is 10.0. The van der Waals surface area contributed by atoms with Gasteiger partial charge in [-0.1, -0.05) is 0 Å².